The van der Waals surface area contributed by atoms with Crippen molar-refractivity contribution in [3.8, 4) is 0 Å². The standard InChI is InChI=1S/C18H22N2/c1-3-20(16-10-8-14(2)9-11-16)13-15-12-19-18-7-5-4-6-17(15)18/h4-11,15,19H,3,12-13H2,1-2H3. The molecule has 0 fully saturated rings. The molecule has 0 saturated carbocycles. The number of aryl methyl sites for hydroxylation is 1. The van der Waals surface area contributed by atoms with Gasteiger partial charge in [0.25, 0.3) is 0 Å². The van der Waals surface area contributed by atoms with Gasteiger partial charge in [0.15, 0.2) is 0 Å². The number of fused-ring (bicyclic) bond motifs is 1. The lowest BCUT2D eigenvalue weighted by Gasteiger charge is -2.26. The molecular formula is C18H22N2. The Hall–Kier alpha value is -1.96. The van der Waals surface area contributed by atoms with Crippen LogP contribution in [0.15, 0.2) is 48.5 Å². The fraction of sp³-hybridized carbons (Fsp3) is 0.333. The van der Waals surface area contributed by atoms with E-state index in [4.69, 9.17) is 0 Å². The lowest BCUT2D eigenvalue weighted by molar-refractivity contribution is 0.698. The van der Waals surface area contributed by atoms with Crippen molar-refractivity contribution in [3.63, 3.8) is 0 Å². The Morgan fingerprint density at radius 2 is 1.85 bits per heavy atom. The van der Waals surface area contributed by atoms with Crippen LogP contribution < -0.4 is 10.2 Å². The van der Waals surface area contributed by atoms with Crippen molar-refractivity contribution in [3.05, 3.63) is 59.7 Å². The number of nitrogens with zero attached hydrogens (tertiary/aromatic N) is 1. The van der Waals surface area contributed by atoms with Gasteiger partial charge in [0, 0.05) is 36.9 Å². The summed E-state index contributed by atoms with van der Waals surface area (Å²) in [5, 5.41) is 3.51. The second kappa shape index (κ2) is 5.58. The van der Waals surface area contributed by atoms with Crippen molar-refractivity contribution in [2.24, 2.45) is 0 Å². The van der Waals surface area contributed by atoms with Gasteiger partial charge in [0.05, 0.1) is 0 Å². The summed E-state index contributed by atoms with van der Waals surface area (Å²) in [6.07, 6.45) is 0. The smallest absolute Gasteiger partial charge is 0.0377 e. The van der Waals surface area contributed by atoms with Crippen molar-refractivity contribution in [2.75, 3.05) is 29.9 Å². The summed E-state index contributed by atoms with van der Waals surface area (Å²) < 4.78 is 0. The van der Waals surface area contributed by atoms with Crippen LogP contribution in [0.3, 0.4) is 0 Å². The summed E-state index contributed by atoms with van der Waals surface area (Å²) in [5.41, 5.74) is 5.40. The zero-order chi connectivity index (χ0) is 13.9. The minimum absolute atomic E-state index is 0.576. The second-order valence-corrected chi connectivity index (χ2v) is 5.54. The molecule has 1 unspecified atom stereocenters. The number of para-hydroxylation sites is 1. The molecule has 2 heteroatoms. The highest BCUT2D eigenvalue weighted by molar-refractivity contribution is 5.58. The van der Waals surface area contributed by atoms with Crippen LogP contribution in [0.2, 0.25) is 0 Å². The molecule has 1 atom stereocenters. The molecule has 1 aliphatic heterocycles. The second-order valence-electron chi connectivity index (χ2n) is 5.54. The van der Waals surface area contributed by atoms with E-state index in [2.05, 4.69) is 72.6 Å². The summed E-state index contributed by atoms with van der Waals surface area (Å²) >= 11 is 0. The lowest BCUT2D eigenvalue weighted by atomic mass is 10.0. The molecule has 1 aliphatic rings. The van der Waals surface area contributed by atoms with E-state index in [0.717, 1.165) is 19.6 Å². The fourth-order valence-corrected chi connectivity index (χ4v) is 2.96. The largest absolute Gasteiger partial charge is 0.384 e. The first kappa shape index (κ1) is 13.0. The summed E-state index contributed by atoms with van der Waals surface area (Å²) in [5.74, 6) is 0.576. The average Bonchev–Trinajstić information content (AvgIpc) is 2.89. The minimum atomic E-state index is 0.576. The van der Waals surface area contributed by atoms with Crippen molar-refractivity contribution in [2.45, 2.75) is 19.8 Å². The molecule has 20 heavy (non-hydrogen) atoms. The fourth-order valence-electron chi connectivity index (χ4n) is 2.96. The van der Waals surface area contributed by atoms with E-state index >= 15 is 0 Å². The van der Waals surface area contributed by atoms with Gasteiger partial charge in [-0.3, -0.25) is 0 Å². The number of likely N-dealkylation sites (N-methyl/N-ethyl adjacent to an activating group) is 1. The van der Waals surface area contributed by atoms with E-state index in [1.165, 1.54) is 22.5 Å². The highest BCUT2D eigenvalue weighted by atomic mass is 15.1. The molecule has 1 N–H and O–H groups in total. The first-order chi connectivity index (χ1) is 9.78. The van der Waals surface area contributed by atoms with Crippen molar-refractivity contribution in [1.29, 1.82) is 0 Å². The molecule has 2 aromatic rings. The van der Waals surface area contributed by atoms with Gasteiger partial charge in [-0.2, -0.15) is 0 Å². The predicted octanol–water partition coefficient (Wildman–Crippen LogP) is 4.03. The van der Waals surface area contributed by atoms with E-state index in [1.54, 1.807) is 0 Å². The first-order valence-corrected chi connectivity index (χ1v) is 7.42. The highest BCUT2D eigenvalue weighted by Gasteiger charge is 2.23. The van der Waals surface area contributed by atoms with E-state index in [9.17, 15) is 0 Å². The minimum Gasteiger partial charge on any atom is -0.384 e. The van der Waals surface area contributed by atoms with Gasteiger partial charge in [0.1, 0.15) is 0 Å². The summed E-state index contributed by atoms with van der Waals surface area (Å²) in [7, 11) is 0. The molecule has 1 heterocycles. The molecule has 0 aromatic heterocycles. The molecule has 104 valence electrons. The van der Waals surface area contributed by atoms with Crippen LogP contribution in [0.1, 0.15) is 24.0 Å². The molecule has 0 aliphatic carbocycles. The summed E-state index contributed by atoms with van der Waals surface area (Å²) in [6.45, 7) is 7.53. The Bertz CT molecular complexity index is 574. The molecule has 0 spiro atoms. The van der Waals surface area contributed by atoms with Gasteiger partial charge in [0.2, 0.25) is 0 Å². The van der Waals surface area contributed by atoms with Crippen LogP contribution in [0.25, 0.3) is 0 Å². The molecule has 0 radical (unpaired) electrons. The van der Waals surface area contributed by atoms with Crippen LogP contribution >= 0.6 is 0 Å². The quantitative estimate of drug-likeness (QED) is 0.898. The Kier molecular flexibility index (Phi) is 3.64. The Balaban J connectivity index is 1.78. The van der Waals surface area contributed by atoms with Crippen LogP contribution in [0.4, 0.5) is 11.4 Å². The molecule has 0 saturated heterocycles. The van der Waals surface area contributed by atoms with E-state index in [-0.39, 0.29) is 0 Å². The maximum atomic E-state index is 3.51. The van der Waals surface area contributed by atoms with Gasteiger partial charge in [-0.05, 0) is 37.6 Å². The van der Waals surface area contributed by atoms with Crippen molar-refractivity contribution >= 4 is 11.4 Å². The van der Waals surface area contributed by atoms with Gasteiger partial charge in [-0.25, -0.2) is 0 Å². The van der Waals surface area contributed by atoms with Gasteiger partial charge in [-0.15, -0.1) is 0 Å². The maximum absolute atomic E-state index is 3.51. The molecular weight excluding hydrogens is 244 g/mol. The molecule has 2 nitrogen and oxygen atoms in total. The lowest BCUT2D eigenvalue weighted by Crippen LogP contribution is -2.29. The number of benzene rings is 2. The third kappa shape index (κ3) is 2.51. The first-order valence-electron chi connectivity index (χ1n) is 7.42. The van der Waals surface area contributed by atoms with E-state index in [1.807, 2.05) is 0 Å². The summed E-state index contributed by atoms with van der Waals surface area (Å²) in [4.78, 5) is 2.47. The third-order valence-corrected chi connectivity index (χ3v) is 4.16. The van der Waals surface area contributed by atoms with Gasteiger partial charge in [-0.1, -0.05) is 35.9 Å². The van der Waals surface area contributed by atoms with Crippen LogP contribution in [-0.2, 0) is 0 Å². The SMILES string of the molecule is CCN(CC1CNc2ccccc21)c1ccc(C)cc1. The summed E-state index contributed by atoms with van der Waals surface area (Å²) in [6, 6.07) is 17.5. The van der Waals surface area contributed by atoms with Crippen molar-refractivity contribution < 1.29 is 0 Å². The average molecular weight is 266 g/mol. The Morgan fingerprint density at radius 1 is 1.10 bits per heavy atom. The zero-order valence-electron chi connectivity index (χ0n) is 12.3. The van der Waals surface area contributed by atoms with Crippen LogP contribution in [0.5, 0.6) is 0 Å². The van der Waals surface area contributed by atoms with Crippen LogP contribution in [-0.4, -0.2) is 19.6 Å². The molecule has 3 rings (SSSR count). The Morgan fingerprint density at radius 3 is 2.60 bits per heavy atom. The number of nitrogens with one attached hydrogen (secondary N) is 1. The van der Waals surface area contributed by atoms with Crippen molar-refractivity contribution in [1.82, 2.24) is 0 Å². The highest BCUT2D eigenvalue weighted by Crippen LogP contribution is 2.32. The maximum Gasteiger partial charge on any atom is 0.0377 e. The number of anilines is 2. The van der Waals surface area contributed by atoms with Gasteiger partial charge < -0.3 is 10.2 Å². The number of hydrogen-bond donors (Lipinski definition) is 1. The Labute approximate surface area is 121 Å². The van der Waals surface area contributed by atoms with Gasteiger partial charge >= 0.3 is 0 Å². The topological polar surface area (TPSA) is 15.3 Å². The normalized spacial score (nSPS) is 16.6. The predicted molar refractivity (Wildman–Crippen MR) is 86.7 cm³/mol. The molecule has 0 amide bonds. The van der Waals surface area contributed by atoms with E-state index < -0.39 is 0 Å². The third-order valence-electron chi connectivity index (χ3n) is 4.16. The molecule has 0 bridgehead atoms. The van der Waals surface area contributed by atoms with Crippen LogP contribution in [0, 0.1) is 6.92 Å². The zero-order valence-corrected chi connectivity index (χ0v) is 12.3. The number of rotatable bonds is 4. The number of hydrogen-bond acceptors (Lipinski definition) is 2. The molecule has 2 aromatic carbocycles. The van der Waals surface area contributed by atoms with E-state index in [0.29, 0.717) is 5.92 Å². The monoisotopic (exact) mass is 266 g/mol.